The minimum atomic E-state index is -0.714. The normalized spacial score (nSPS) is 11.4. The molecule has 0 bridgehead atoms. The Kier molecular flexibility index (Phi) is 6.75. The Hall–Kier alpha value is -3.73. The van der Waals surface area contributed by atoms with Crippen molar-refractivity contribution in [2.24, 2.45) is 0 Å². The van der Waals surface area contributed by atoms with Crippen molar-refractivity contribution in [1.29, 1.82) is 0 Å². The van der Waals surface area contributed by atoms with Gasteiger partial charge in [0, 0.05) is 11.1 Å². The third-order valence-electron chi connectivity index (χ3n) is 4.72. The second-order valence-electron chi connectivity index (χ2n) is 7.02. The molecule has 3 rings (SSSR count). The van der Waals surface area contributed by atoms with Gasteiger partial charge in [-0.15, -0.1) is 0 Å². The molecule has 0 aliphatic rings. The SMILES string of the molecule is Cc1ccc(C(=O)c2ccccc2C(=O)OCC(=O)N[C@@H](C)c2ccccc2)cc1. The highest BCUT2D eigenvalue weighted by Crippen LogP contribution is 2.17. The average Bonchev–Trinajstić information content (AvgIpc) is 2.78. The molecule has 152 valence electrons. The van der Waals surface area contributed by atoms with E-state index in [-0.39, 0.29) is 23.0 Å². The van der Waals surface area contributed by atoms with Crippen molar-refractivity contribution in [1.82, 2.24) is 5.32 Å². The standard InChI is InChI=1S/C25H23NO4/c1-17-12-14-20(15-13-17)24(28)21-10-6-7-11-22(21)25(29)30-16-23(27)26-18(2)19-8-4-3-5-9-19/h3-15,18H,16H2,1-2H3,(H,26,27)/t18-/m0/s1. The van der Waals surface area contributed by atoms with Crippen molar-refractivity contribution in [2.45, 2.75) is 19.9 Å². The summed E-state index contributed by atoms with van der Waals surface area (Å²) in [5.74, 6) is -1.40. The number of nitrogens with one attached hydrogen (secondary N) is 1. The monoisotopic (exact) mass is 401 g/mol. The van der Waals surface area contributed by atoms with E-state index >= 15 is 0 Å². The Balaban J connectivity index is 1.65. The molecule has 0 aliphatic heterocycles. The second-order valence-corrected chi connectivity index (χ2v) is 7.02. The Bertz CT molecular complexity index is 1040. The van der Waals surface area contributed by atoms with E-state index in [1.54, 1.807) is 30.3 Å². The molecule has 3 aromatic carbocycles. The molecule has 0 aromatic heterocycles. The fourth-order valence-corrected chi connectivity index (χ4v) is 3.04. The third-order valence-corrected chi connectivity index (χ3v) is 4.72. The van der Waals surface area contributed by atoms with Gasteiger partial charge in [-0.1, -0.05) is 78.4 Å². The predicted octanol–water partition coefficient (Wildman–Crippen LogP) is 4.26. The Labute approximate surface area is 175 Å². The zero-order valence-corrected chi connectivity index (χ0v) is 16.9. The minimum Gasteiger partial charge on any atom is -0.452 e. The van der Waals surface area contributed by atoms with Gasteiger partial charge in [0.25, 0.3) is 5.91 Å². The number of ketones is 1. The first-order valence-corrected chi connectivity index (χ1v) is 9.67. The molecule has 1 N–H and O–H groups in total. The summed E-state index contributed by atoms with van der Waals surface area (Å²) in [6, 6.07) is 22.8. The van der Waals surface area contributed by atoms with Crippen LogP contribution in [0.2, 0.25) is 0 Å². The highest BCUT2D eigenvalue weighted by atomic mass is 16.5. The number of amides is 1. The summed E-state index contributed by atoms with van der Waals surface area (Å²) in [6.45, 7) is 3.36. The molecule has 1 atom stereocenters. The maximum absolute atomic E-state index is 12.8. The summed E-state index contributed by atoms with van der Waals surface area (Å²) in [5.41, 5.74) is 2.84. The van der Waals surface area contributed by atoms with Crippen LogP contribution in [0.5, 0.6) is 0 Å². The van der Waals surface area contributed by atoms with Crippen molar-refractivity contribution >= 4 is 17.7 Å². The molecule has 0 unspecified atom stereocenters. The van der Waals surface area contributed by atoms with E-state index in [0.717, 1.165) is 11.1 Å². The molecular formula is C25H23NO4. The second kappa shape index (κ2) is 9.65. The van der Waals surface area contributed by atoms with Crippen LogP contribution in [-0.4, -0.2) is 24.3 Å². The largest absolute Gasteiger partial charge is 0.452 e. The molecular weight excluding hydrogens is 378 g/mol. The maximum Gasteiger partial charge on any atom is 0.339 e. The third kappa shape index (κ3) is 5.20. The smallest absolute Gasteiger partial charge is 0.339 e. The molecule has 0 saturated heterocycles. The van der Waals surface area contributed by atoms with Crippen LogP contribution in [0.15, 0.2) is 78.9 Å². The number of aryl methyl sites for hydroxylation is 1. The van der Waals surface area contributed by atoms with Gasteiger partial charge in [0.15, 0.2) is 12.4 Å². The van der Waals surface area contributed by atoms with Gasteiger partial charge >= 0.3 is 5.97 Å². The van der Waals surface area contributed by atoms with E-state index < -0.39 is 18.5 Å². The fraction of sp³-hybridized carbons (Fsp3) is 0.160. The lowest BCUT2D eigenvalue weighted by atomic mass is 9.98. The van der Waals surface area contributed by atoms with Gasteiger partial charge in [-0.25, -0.2) is 4.79 Å². The van der Waals surface area contributed by atoms with Crippen LogP contribution in [-0.2, 0) is 9.53 Å². The molecule has 5 nitrogen and oxygen atoms in total. The molecule has 1 amide bonds. The Morgan fingerprint density at radius 1 is 0.833 bits per heavy atom. The van der Waals surface area contributed by atoms with Crippen LogP contribution in [0.3, 0.4) is 0 Å². The molecule has 0 saturated carbocycles. The van der Waals surface area contributed by atoms with Crippen molar-refractivity contribution in [3.8, 4) is 0 Å². The van der Waals surface area contributed by atoms with Crippen LogP contribution in [0.25, 0.3) is 0 Å². The summed E-state index contributed by atoms with van der Waals surface area (Å²) >= 11 is 0. The lowest BCUT2D eigenvalue weighted by molar-refractivity contribution is -0.124. The molecule has 0 radical (unpaired) electrons. The summed E-state index contributed by atoms with van der Waals surface area (Å²) in [7, 11) is 0. The molecule has 0 fully saturated rings. The number of hydrogen-bond donors (Lipinski definition) is 1. The molecule has 30 heavy (non-hydrogen) atoms. The van der Waals surface area contributed by atoms with Crippen molar-refractivity contribution < 1.29 is 19.1 Å². The van der Waals surface area contributed by atoms with Gasteiger partial charge in [-0.05, 0) is 25.5 Å². The van der Waals surface area contributed by atoms with E-state index in [1.165, 1.54) is 6.07 Å². The number of rotatable bonds is 7. The van der Waals surface area contributed by atoms with Crippen LogP contribution < -0.4 is 5.32 Å². The number of ether oxygens (including phenoxy) is 1. The lowest BCUT2D eigenvalue weighted by Gasteiger charge is -2.14. The van der Waals surface area contributed by atoms with Crippen molar-refractivity contribution in [2.75, 3.05) is 6.61 Å². The summed E-state index contributed by atoms with van der Waals surface area (Å²) in [4.78, 5) is 37.6. The molecule has 0 heterocycles. The quantitative estimate of drug-likeness (QED) is 0.474. The predicted molar refractivity (Wildman–Crippen MR) is 114 cm³/mol. The first kappa shape index (κ1) is 21.0. The van der Waals surface area contributed by atoms with Gasteiger partial charge in [-0.2, -0.15) is 0 Å². The molecule has 3 aromatic rings. The van der Waals surface area contributed by atoms with Gasteiger partial charge in [-0.3, -0.25) is 9.59 Å². The maximum atomic E-state index is 12.8. The van der Waals surface area contributed by atoms with E-state index in [1.807, 2.05) is 56.3 Å². The first-order valence-electron chi connectivity index (χ1n) is 9.67. The van der Waals surface area contributed by atoms with E-state index in [9.17, 15) is 14.4 Å². The number of benzene rings is 3. The Morgan fingerprint density at radius 3 is 2.10 bits per heavy atom. The topological polar surface area (TPSA) is 72.5 Å². The van der Waals surface area contributed by atoms with Gasteiger partial charge in [0.1, 0.15) is 0 Å². The Morgan fingerprint density at radius 2 is 1.43 bits per heavy atom. The van der Waals surface area contributed by atoms with E-state index in [0.29, 0.717) is 5.56 Å². The van der Waals surface area contributed by atoms with Crippen molar-refractivity contribution in [3.63, 3.8) is 0 Å². The summed E-state index contributed by atoms with van der Waals surface area (Å²) < 4.78 is 5.17. The summed E-state index contributed by atoms with van der Waals surface area (Å²) in [6.07, 6.45) is 0. The zero-order valence-electron chi connectivity index (χ0n) is 16.9. The van der Waals surface area contributed by atoms with Crippen LogP contribution in [0.1, 0.15) is 50.4 Å². The van der Waals surface area contributed by atoms with Crippen molar-refractivity contribution in [3.05, 3.63) is 107 Å². The van der Waals surface area contributed by atoms with Gasteiger partial charge in [0.05, 0.1) is 11.6 Å². The molecule has 0 aliphatic carbocycles. The van der Waals surface area contributed by atoms with Crippen LogP contribution in [0.4, 0.5) is 0 Å². The highest BCUT2D eigenvalue weighted by molar-refractivity contribution is 6.14. The van der Waals surface area contributed by atoms with Gasteiger partial charge < -0.3 is 10.1 Å². The number of carbonyl (C=O) groups is 3. The first-order chi connectivity index (χ1) is 14.5. The van der Waals surface area contributed by atoms with E-state index in [4.69, 9.17) is 4.74 Å². The number of esters is 1. The minimum absolute atomic E-state index is 0.131. The average molecular weight is 401 g/mol. The summed E-state index contributed by atoms with van der Waals surface area (Å²) in [5, 5.41) is 2.79. The van der Waals surface area contributed by atoms with E-state index in [2.05, 4.69) is 5.32 Å². The lowest BCUT2D eigenvalue weighted by Crippen LogP contribution is -2.31. The number of hydrogen-bond acceptors (Lipinski definition) is 4. The number of carbonyl (C=O) groups excluding carboxylic acids is 3. The van der Waals surface area contributed by atoms with Crippen LogP contribution >= 0.6 is 0 Å². The zero-order chi connectivity index (χ0) is 21.5. The highest BCUT2D eigenvalue weighted by Gasteiger charge is 2.20. The molecule has 5 heteroatoms. The fourth-order valence-electron chi connectivity index (χ4n) is 3.04. The van der Waals surface area contributed by atoms with Crippen LogP contribution in [0, 0.1) is 6.92 Å². The molecule has 0 spiro atoms. The van der Waals surface area contributed by atoms with Gasteiger partial charge in [0.2, 0.25) is 0 Å².